The molecule has 0 saturated heterocycles. The molecule has 1 heterocycles. The average molecular weight is 280 g/mol. The standard InChI is InChI=1S/C17H16N2O2/c1-17(2)8-12-14(15(17)20)13(10-6-4-3-5-7-10)11(9-18)16(21)19-12/h3-7,11,13H,8H2,1-2H3,(H,19,21). The van der Waals surface area contributed by atoms with Crippen LogP contribution in [0.15, 0.2) is 41.6 Å². The van der Waals surface area contributed by atoms with Crippen LogP contribution in [0.25, 0.3) is 0 Å². The molecule has 2 aliphatic rings. The summed E-state index contributed by atoms with van der Waals surface area (Å²) in [6.07, 6.45) is 0.522. The lowest BCUT2D eigenvalue weighted by Crippen LogP contribution is -2.39. The largest absolute Gasteiger partial charge is 0.328 e. The first kappa shape index (κ1) is 13.6. The number of Topliss-reactive ketones (excluding diaryl/α,β-unsaturated/α-hetero) is 1. The molecule has 1 aromatic carbocycles. The maximum absolute atomic E-state index is 12.7. The van der Waals surface area contributed by atoms with Gasteiger partial charge in [0, 0.05) is 29.0 Å². The molecule has 1 amide bonds. The molecule has 106 valence electrons. The summed E-state index contributed by atoms with van der Waals surface area (Å²) in [5, 5.41) is 12.1. The van der Waals surface area contributed by atoms with Gasteiger partial charge in [-0.05, 0) is 5.56 Å². The van der Waals surface area contributed by atoms with Crippen LogP contribution in [0.1, 0.15) is 31.7 Å². The zero-order chi connectivity index (χ0) is 15.2. The molecule has 0 bridgehead atoms. The van der Waals surface area contributed by atoms with E-state index in [0.717, 1.165) is 5.56 Å². The molecule has 0 radical (unpaired) electrons. The lowest BCUT2D eigenvalue weighted by Gasteiger charge is -2.28. The monoisotopic (exact) mass is 280 g/mol. The Morgan fingerprint density at radius 1 is 1.24 bits per heavy atom. The highest BCUT2D eigenvalue weighted by atomic mass is 16.2. The maximum Gasteiger partial charge on any atom is 0.242 e. The highest BCUT2D eigenvalue weighted by Gasteiger charge is 2.49. The fraction of sp³-hybridized carbons (Fsp3) is 0.353. The van der Waals surface area contributed by atoms with Crippen molar-refractivity contribution in [3.8, 4) is 6.07 Å². The van der Waals surface area contributed by atoms with Crippen molar-refractivity contribution in [1.29, 1.82) is 5.26 Å². The van der Waals surface area contributed by atoms with Crippen LogP contribution in [-0.2, 0) is 9.59 Å². The van der Waals surface area contributed by atoms with Gasteiger partial charge < -0.3 is 5.32 Å². The van der Waals surface area contributed by atoms with Gasteiger partial charge in [0.2, 0.25) is 5.91 Å². The minimum Gasteiger partial charge on any atom is -0.328 e. The molecular weight excluding hydrogens is 264 g/mol. The molecule has 21 heavy (non-hydrogen) atoms. The Balaban J connectivity index is 2.17. The van der Waals surface area contributed by atoms with Gasteiger partial charge in [0.25, 0.3) is 0 Å². The Morgan fingerprint density at radius 3 is 2.52 bits per heavy atom. The number of amides is 1. The van der Waals surface area contributed by atoms with Crippen LogP contribution >= 0.6 is 0 Å². The van der Waals surface area contributed by atoms with Crippen LogP contribution in [0.5, 0.6) is 0 Å². The SMILES string of the molecule is CC1(C)CC2=C(C1=O)C(c1ccccc1)C(C#N)C(=O)N2. The summed E-state index contributed by atoms with van der Waals surface area (Å²) in [4.78, 5) is 24.9. The number of ketones is 1. The van der Waals surface area contributed by atoms with Gasteiger partial charge in [0.15, 0.2) is 5.78 Å². The maximum atomic E-state index is 12.7. The Bertz CT molecular complexity index is 695. The number of hydrogen-bond acceptors (Lipinski definition) is 3. The second-order valence-electron chi connectivity index (χ2n) is 6.27. The highest BCUT2D eigenvalue weighted by molar-refractivity contribution is 6.07. The second-order valence-corrected chi connectivity index (χ2v) is 6.27. The number of rotatable bonds is 1. The first-order valence-electron chi connectivity index (χ1n) is 6.99. The minimum atomic E-state index is -0.857. The predicted molar refractivity (Wildman–Crippen MR) is 76.9 cm³/mol. The third-order valence-electron chi connectivity index (χ3n) is 4.30. The summed E-state index contributed by atoms with van der Waals surface area (Å²) >= 11 is 0. The Labute approximate surface area is 123 Å². The van der Waals surface area contributed by atoms with Gasteiger partial charge in [-0.3, -0.25) is 9.59 Å². The molecule has 0 fully saturated rings. The Morgan fingerprint density at radius 2 is 1.90 bits per heavy atom. The fourth-order valence-electron chi connectivity index (χ4n) is 3.26. The van der Waals surface area contributed by atoms with E-state index in [1.807, 2.05) is 44.2 Å². The minimum absolute atomic E-state index is 0.0339. The molecule has 1 aliphatic carbocycles. The molecule has 3 rings (SSSR count). The van der Waals surface area contributed by atoms with E-state index >= 15 is 0 Å². The van der Waals surface area contributed by atoms with Gasteiger partial charge in [-0.2, -0.15) is 5.26 Å². The van der Waals surface area contributed by atoms with E-state index in [0.29, 0.717) is 17.7 Å². The zero-order valence-corrected chi connectivity index (χ0v) is 12.0. The van der Waals surface area contributed by atoms with E-state index in [9.17, 15) is 14.9 Å². The van der Waals surface area contributed by atoms with Crippen LogP contribution in [0.2, 0.25) is 0 Å². The number of hydrogen-bond donors (Lipinski definition) is 1. The van der Waals surface area contributed by atoms with E-state index in [4.69, 9.17) is 0 Å². The predicted octanol–water partition coefficient (Wildman–Crippen LogP) is 2.29. The third kappa shape index (κ3) is 1.97. The average Bonchev–Trinajstić information content (AvgIpc) is 2.68. The molecule has 4 heteroatoms. The number of allylic oxidation sites excluding steroid dienone is 2. The quantitative estimate of drug-likeness (QED) is 0.858. The number of carbonyl (C=O) groups is 2. The third-order valence-corrected chi connectivity index (χ3v) is 4.30. The molecule has 1 N–H and O–H groups in total. The topological polar surface area (TPSA) is 70.0 Å². The first-order valence-corrected chi connectivity index (χ1v) is 6.99. The number of nitrogens with zero attached hydrogens (tertiary/aromatic N) is 1. The normalized spacial score (nSPS) is 27.1. The van der Waals surface area contributed by atoms with Crippen molar-refractivity contribution in [2.75, 3.05) is 0 Å². The van der Waals surface area contributed by atoms with Crippen molar-refractivity contribution in [3.05, 3.63) is 47.2 Å². The van der Waals surface area contributed by atoms with Crippen molar-refractivity contribution >= 4 is 11.7 Å². The lowest BCUT2D eigenvalue weighted by atomic mass is 9.76. The first-order chi connectivity index (χ1) is 9.95. The molecule has 0 saturated carbocycles. The number of benzene rings is 1. The molecule has 1 aliphatic heterocycles. The van der Waals surface area contributed by atoms with Gasteiger partial charge in [-0.1, -0.05) is 44.2 Å². The molecule has 0 spiro atoms. The summed E-state index contributed by atoms with van der Waals surface area (Å²) in [7, 11) is 0. The summed E-state index contributed by atoms with van der Waals surface area (Å²) < 4.78 is 0. The van der Waals surface area contributed by atoms with Crippen molar-refractivity contribution in [1.82, 2.24) is 5.32 Å². The van der Waals surface area contributed by atoms with Crippen LogP contribution in [0, 0.1) is 22.7 Å². The van der Waals surface area contributed by atoms with Crippen LogP contribution < -0.4 is 5.32 Å². The highest BCUT2D eigenvalue weighted by Crippen LogP contribution is 2.47. The zero-order valence-electron chi connectivity index (χ0n) is 12.0. The van der Waals surface area contributed by atoms with Crippen LogP contribution in [0.3, 0.4) is 0 Å². The van der Waals surface area contributed by atoms with E-state index in [1.165, 1.54) is 0 Å². The van der Waals surface area contributed by atoms with Gasteiger partial charge in [0.05, 0.1) is 6.07 Å². The van der Waals surface area contributed by atoms with E-state index in [-0.39, 0.29) is 11.7 Å². The van der Waals surface area contributed by atoms with Crippen LogP contribution in [-0.4, -0.2) is 11.7 Å². The van der Waals surface area contributed by atoms with Gasteiger partial charge in [-0.15, -0.1) is 0 Å². The van der Waals surface area contributed by atoms with Crippen molar-refractivity contribution < 1.29 is 9.59 Å². The summed E-state index contributed by atoms with van der Waals surface area (Å²) in [6, 6.07) is 11.4. The van der Waals surface area contributed by atoms with Gasteiger partial charge >= 0.3 is 0 Å². The second kappa shape index (κ2) is 4.56. The number of nitriles is 1. The molecule has 1 aromatic rings. The molecule has 2 unspecified atom stereocenters. The molecular formula is C17H16N2O2. The van der Waals surface area contributed by atoms with E-state index < -0.39 is 17.3 Å². The lowest BCUT2D eigenvalue weighted by molar-refractivity contribution is -0.124. The number of carbonyl (C=O) groups excluding carboxylic acids is 2. The van der Waals surface area contributed by atoms with Gasteiger partial charge in [-0.25, -0.2) is 0 Å². The van der Waals surface area contributed by atoms with Gasteiger partial charge in [0.1, 0.15) is 5.92 Å². The summed E-state index contributed by atoms with van der Waals surface area (Å²) in [5.74, 6) is -1.60. The van der Waals surface area contributed by atoms with E-state index in [2.05, 4.69) is 11.4 Å². The smallest absolute Gasteiger partial charge is 0.242 e. The van der Waals surface area contributed by atoms with E-state index in [1.54, 1.807) is 0 Å². The van der Waals surface area contributed by atoms with Crippen molar-refractivity contribution in [2.24, 2.45) is 11.3 Å². The molecule has 0 aromatic heterocycles. The Kier molecular flexibility index (Phi) is 2.94. The Hall–Kier alpha value is -2.41. The number of nitrogens with one attached hydrogen (secondary N) is 1. The van der Waals surface area contributed by atoms with Crippen molar-refractivity contribution in [3.63, 3.8) is 0 Å². The fourth-order valence-corrected chi connectivity index (χ4v) is 3.26. The summed E-state index contributed by atoms with van der Waals surface area (Å²) in [5.41, 5.74) is 1.63. The van der Waals surface area contributed by atoms with Crippen LogP contribution in [0.4, 0.5) is 0 Å². The van der Waals surface area contributed by atoms with Crippen molar-refractivity contribution in [2.45, 2.75) is 26.2 Å². The molecule has 4 nitrogen and oxygen atoms in total. The molecule has 2 atom stereocenters. The summed E-state index contributed by atoms with van der Waals surface area (Å²) in [6.45, 7) is 3.76.